The third-order valence-corrected chi connectivity index (χ3v) is 5.91. The molecule has 1 saturated carbocycles. The van der Waals surface area contributed by atoms with Crippen molar-refractivity contribution in [2.75, 3.05) is 24.6 Å². The molecule has 28 heavy (non-hydrogen) atoms. The minimum atomic E-state index is -0.110. The number of rotatable bonds is 7. The Morgan fingerprint density at radius 1 is 1.04 bits per heavy atom. The van der Waals surface area contributed by atoms with Gasteiger partial charge in [0, 0.05) is 30.6 Å². The van der Waals surface area contributed by atoms with Crippen LogP contribution in [-0.4, -0.2) is 31.5 Å². The second-order valence-electron chi connectivity index (χ2n) is 7.71. The lowest BCUT2D eigenvalue weighted by Crippen LogP contribution is -2.46. The van der Waals surface area contributed by atoms with Gasteiger partial charge in [-0.1, -0.05) is 36.8 Å². The predicted octanol–water partition coefficient (Wildman–Crippen LogP) is 3.43. The molecule has 0 unspecified atom stereocenters. The van der Waals surface area contributed by atoms with Crippen LogP contribution in [0, 0.1) is 0 Å². The van der Waals surface area contributed by atoms with Crippen molar-refractivity contribution in [3.8, 4) is 5.75 Å². The molecular formula is C23H26N2O3. The smallest absolute Gasteiger partial charge is 0.257 e. The zero-order valence-electron chi connectivity index (χ0n) is 16.0. The Labute approximate surface area is 165 Å². The van der Waals surface area contributed by atoms with E-state index in [2.05, 4.69) is 29.6 Å². The highest BCUT2D eigenvalue weighted by molar-refractivity contribution is 5.95. The maximum Gasteiger partial charge on any atom is 0.257 e. The van der Waals surface area contributed by atoms with Crippen molar-refractivity contribution >= 4 is 17.5 Å². The van der Waals surface area contributed by atoms with Gasteiger partial charge in [-0.25, -0.2) is 0 Å². The van der Waals surface area contributed by atoms with Gasteiger partial charge >= 0.3 is 0 Å². The van der Waals surface area contributed by atoms with Gasteiger partial charge in [-0.05, 0) is 49.1 Å². The van der Waals surface area contributed by atoms with Crippen molar-refractivity contribution in [2.24, 2.45) is 0 Å². The second kappa shape index (κ2) is 8.05. The summed E-state index contributed by atoms with van der Waals surface area (Å²) in [7, 11) is 0. The van der Waals surface area contributed by atoms with Crippen LogP contribution in [0.3, 0.4) is 0 Å². The number of carbonyl (C=O) groups excluding carboxylic acids is 2. The molecule has 146 valence electrons. The van der Waals surface area contributed by atoms with Gasteiger partial charge in [0.1, 0.15) is 5.75 Å². The van der Waals surface area contributed by atoms with E-state index in [0.29, 0.717) is 18.7 Å². The highest BCUT2D eigenvalue weighted by atomic mass is 16.5. The zero-order chi connectivity index (χ0) is 19.4. The normalized spacial score (nSPS) is 17.9. The standard InChI is InChI=1S/C23H26N2O3/c26-21(24-17-23(13-5-14-23)18-6-2-1-3-7-18)16-28-20-11-9-19(10-12-20)25-15-4-8-22(25)27/h1-3,6-7,9-12H,4-5,8,13-17H2,(H,24,26). The fraction of sp³-hybridized carbons (Fsp3) is 0.391. The second-order valence-corrected chi connectivity index (χ2v) is 7.71. The molecule has 2 aliphatic rings. The van der Waals surface area contributed by atoms with Crippen LogP contribution in [0.2, 0.25) is 0 Å². The molecule has 0 aromatic heterocycles. The van der Waals surface area contributed by atoms with E-state index in [1.165, 1.54) is 12.0 Å². The summed E-state index contributed by atoms with van der Waals surface area (Å²) in [5.74, 6) is 0.685. The maximum absolute atomic E-state index is 12.3. The number of benzene rings is 2. The molecule has 1 saturated heterocycles. The molecule has 1 aliphatic carbocycles. The van der Waals surface area contributed by atoms with Crippen LogP contribution in [0.4, 0.5) is 5.69 Å². The SMILES string of the molecule is O=C(COc1ccc(N2CCCC2=O)cc1)NCC1(c2ccccc2)CCC1. The van der Waals surface area contributed by atoms with E-state index in [1.807, 2.05) is 30.3 Å². The first-order chi connectivity index (χ1) is 13.7. The summed E-state index contributed by atoms with van der Waals surface area (Å²) in [6.07, 6.45) is 4.93. The maximum atomic E-state index is 12.3. The number of nitrogens with zero attached hydrogens (tertiary/aromatic N) is 1. The molecular weight excluding hydrogens is 352 g/mol. The number of hydrogen-bond acceptors (Lipinski definition) is 3. The van der Waals surface area contributed by atoms with E-state index >= 15 is 0 Å². The average Bonchev–Trinajstić information content (AvgIpc) is 3.13. The van der Waals surface area contributed by atoms with Gasteiger partial charge in [0.05, 0.1) is 0 Å². The molecule has 2 fully saturated rings. The lowest BCUT2D eigenvalue weighted by atomic mass is 9.64. The quantitative estimate of drug-likeness (QED) is 0.803. The molecule has 2 aromatic rings. The highest BCUT2D eigenvalue weighted by Gasteiger charge is 2.38. The minimum Gasteiger partial charge on any atom is -0.484 e. The Morgan fingerprint density at radius 2 is 1.79 bits per heavy atom. The predicted molar refractivity (Wildman–Crippen MR) is 109 cm³/mol. The topological polar surface area (TPSA) is 58.6 Å². The summed E-state index contributed by atoms with van der Waals surface area (Å²) >= 11 is 0. The molecule has 0 bridgehead atoms. The van der Waals surface area contributed by atoms with Crippen LogP contribution in [0.5, 0.6) is 5.75 Å². The van der Waals surface area contributed by atoms with Crippen LogP contribution in [0.25, 0.3) is 0 Å². The largest absolute Gasteiger partial charge is 0.484 e. The first-order valence-electron chi connectivity index (χ1n) is 10.0. The van der Waals surface area contributed by atoms with E-state index in [1.54, 1.807) is 4.90 Å². The van der Waals surface area contributed by atoms with E-state index < -0.39 is 0 Å². The molecule has 4 rings (SSSR count). The van der Waals surface area contributed by atoms with Gasteiger partial charge in [-0.3, -0.25) is 9.59 Å². The average molecular weight is 378 g/mol. The van der Waals surface area contributed by atoms with Gasteiger partial charge in [-0.2, -0.15) is 0 Å². The third kappa shape index (κ3) is 3.88. The molecule has 0 radical (unpaired) electrons. The fourth-order valence-corrected chi connectivity index (χ4v) is 4.07. The minimum absolute atomic E-state index is 0.00708. The zero-order valence-corrected chi connectivity index (χ0v) is 16.0. The van der Waals surface area contributed by atoms with Crippen molar-refractivity contribution in [3.05, 3.63) is 60.2 Å². The van der Waals surface area contributed by atoms with Crippen LogP contribution in [-0.2, 0) is 15.0 Å². The molecule has 5 nitrogen and oxygen atoms in total. The third-order valence-electron chi connectivity index (χ3n) is 5.91. The Morgan fingerprint density at radius 3 is 2.39 bits per heavy atom. The van der Waals surface area contributed by atoms with Gasteiger partial charge in [0.2, 0.25) is 5.91 Å². The van der Waals surface area contributed by atoms with Gasteiger partial charge in [0.25, 0.3) is 5.91 Å². The lowest BCUT2D eigenvalue weighted by Gasteiger charge is -2.42. The molecule has 1 heterocycles. The Hall–Kier alpha value is -2.82. The van der Waals surface area contributed by atoms with Crippen molar-refractivity contribution in [2.45, 2.75) is 37.5 Å². The van der Waals surface area contributed by atoms with Crippen LogP contribution in [0.15, 0.2) is 54.6 Å². The fourth-order valence-electron chi connectivity index (χ4n) is 4.07. The first-order valence-corrected chi connectivity index (χ1v) is 10.0. The molecule has 0 atom stereocenters. The van der Waals surface area contributed by atoms with E-state index in [-0.39, 0.29) is 23.8 Å². The number of anilines is 1. The molecule has 0 spiro atoms. The summed E-state index contributed by atoms with van der Waals surface area (Å²) in [5.41, 5.74) is 2.25. The first kappa shape index (κ1) is 18.5. The Bertz CT molecular complexity index is 829. The van der Waals surface area contributed by atoms with Crippen molar-refractivity contribution in [1.82, 2.24) is 5.32 Å². The van der Waals surface area contributed by atoms with Crippen molar-refractivity contribution in [3.63, 3.8) is 0 Å². The van der Waals surface area contributed by atoms with Crippen molar-refractivity contribution < 1.29 is 14.3 Å². The summed E-state index contributed by atoms with van der Waals surface area (Å²) in [6, 6.07) is 17.8. The number of amides is 2. The summed E-state index contributed by atoms with van der Waals surface area (Å²) in [4.78, 5) is 25.9. The van der Waals surface area contributed by atoms with Crippen LogP contribution < -0.4 is 15.0 Å². The molecule has 5 heteroatoms. The molecule has 2 aromatic carbocycles. The van der Waals surface area contributed by atoms with Gasteiger partial charge in [-0.15, -0.1) is 0 Å². The van der Waals surface area contributed by atoms with Gasteiger partial charge < -0.3 is 15.0 Å². The Balaban J connectivity index is 1.27. The summed E-state index contributed by atoms with van der Waals surface area (Å²) < 4.78 is 5.62. The van der Waals surface area contributed by atoms with E-state index in [4.69, 9.17) is 4.74 Å². The number of carbonyl (C=O) groups is 2. The van der Waals surface area contributed by atoms with E-state index in [0.717, 1.165) is 31.5 Å². The summed E-state index contributed by atoms with van der Waals surface area (Å²) in [5, 5.41) is 3.04. The number of hydrogen-bond donors (Lipinski definition) is 1. The Kier molecular flexibility index (Phi) is 5.33. The number of nitrogens with one attached hydrogen (secondary N) is 1. The highest BCUT2D eigenvalue weighted by Crippen LogP contribution is 2.43. The summed E-state index contributed by atoms with van der Waals surface area (Å²) in [6.45, 7) is 1.41. The molecule has 1 aliphatic heterocycles. The monoisotopic (exact) mass is 378 g/mol. The van der Waals surface area contributed by atoms with Crippen molar-refractivity contribution in [1.29, 1.82) is 0 Å². The van der Waals surface area contributed by atoms with Crippen LogP contribution in [0.1, 0.15) is 37.7 Å². The molecule has 1 N–H and O–H groups in total. The molecule has 2 amide bonds. The van der Waals surface area contributed by atoms with Gasteiger partial charge in [0.15, 0.2) is 6.61 Å². The lowest BCUT2D eigenvalue weighted by molar-refractivity contribution is -0.123. The van der Waals surface area contributed by atoms with Crippen LogP contribution >= 0.6 is 0 Å². The number of ether oxygens (including phenoxy) is 1. The van der Waals surface area contributed by atoms with E-state index in [9.17, 15) is 9.59 Å².